The number of piperazine rings is 1. The van der Waals surface area contributed by atoms with E-state index in [2.05, 4.69) is 27.1 Å². The topological polar surface area (TPSA) is 37.3 Å². The van der Waals surface area contributed by atoms with Gasteiger partial charge in [-0.25, -0.2) is 0 Å². The molecular formula is C20H25Cl2N3O2. The van der Waals surface area contributed by atoms with E-state index in [-0.39, 0.29) is 12.4 Å². The zero-order valence-corrected chi connectivity index (χ0v) is 17.2. The first-order valence-electron chi connectivity index (χ1n) is 8.65. The molecule has 0 saturated carbocycles. The van der Waals surface area contributed by atoms with Crippen LogP contribution in [0, 0.1) is 0 Å². The van der Waals surface area contributed by atoms with E-state index >= 15 is 0 Å². The van der Waals surface area contributed by atoms with Gasteiger partial charge in [0, 0.05) is 49.4 Å². The van der Waals surface area contributed by atoms with E-state index in [1.165, 1.54) is 5.56 Å². The minimum Gasteiger partial charge on any atom is -0.497 e. The van der Waals surface area contributed by atoms with Gasteiger partial charge in [-0.3, -0.25) is 9.91 Å². The van der Waals surface area contributed by atoms with Gasteiger partial charge in [0.2, 0.25) is 0 Å². The molecule has 7 heteroatoms. The molecule has 0 amide bonds. The Morgan fingerprint density at radius 2 is 1.70 bits per heavy atom. The number of benzene rings is 2. The minimum atomic E-state index is 0. The second-order valence-corrected chi connectivity index (χ2v) is 6.65. The first kappa shape index (κ1) is 21.4. The summed E-state index contributed by atoms with van der Waals surface area (Å²) >= 11 is 5.95. The van der Waals surface area contributed by atoms with Crippen molar-refractivity contribution in [1.82, 2.24) is 9.91 Å². The standard InChI is InChI=1S/C20H24ClN3O2.ClH/c1-25-19-8-5-17(20(13-19)26-2)14-22-24-11-9-23(10-12-24)15-16-3-6-18(21)7-4-16;/h3-8,13-14H,9-12,15H2,1-2H3;1H. The summed E-state index contributed by atoms with van der Waals surface area (Å²) in [4.78, 5) is 2.43. The number of halogens is 2. The third-order valence-corrected chi connectivity index (χ3v) is 4.72. The Morgan fingerprint density at radius 3 is 2.33 bits per heavy atom. The Bertz CT molecular complexity index is 745. The number of methoxy groups -OCH3 is 2. The van der Waals surface area contributed by atoms with Crippen LogP contribution in [-0.4, -0.2) is 56.5 Å². The lowest BCUT2D eigenvalue weighted by atomic mass is 10.2. The highest BCUT2D eigenvalue weighted by molar-refractivity contribution is 6.30. The molecule has 1 aliphatic rings. The molecule has 1 aliphatic heterocycles. The van der Waals surface area contributed by atoms with Crippen LogP contribution >= 0.6 is 24.0 Å². The van der Waals surface area contributed by atoms with Crippen LogP contribution in [0.15, 0.2) is 47.6 Å². The van der Waals surface area contributed by atoms with Crippen molar-refractivity contribution >= 4 is 30.2 Å². The summed E-state index contributed by atoms with van der Waals surface area (Å²) < 4.78 is 10.6. The average Bonchev–Trinajstić information content (AvgIpc) is 2.69. The summed E-state index contributed by atoms with van der Waals surface area (Å²) in [5.74, 6) is 1.53. The molecule has 0 bridgehead atoms. The Hall–Kier alpha value is -1.95. The van der Waals surface area contributed by atoms with E-state index in [0.29, 0.717) is 0 Å². The molecule has 0 unspecified atom stereocenters. The molecule has 0 radical (unpaired) electrons. The van der Waals surface area contributed by atoms with Crippen molar-refractivity contribution in [2.45, 2.75) is 6.54 Å². The van der Waals surface area contributed by atoms with Crippen molar-refractivity contribution in [1.29, 1.82) is 0 Å². The fourth-order valence-electron chi connectivity index (χ4n) is 2.93. The van der Waals surface area contributed by atoms with Crippen LogP contribution in [0.25, 0.3) is 0 Å². The van der Waals surface area contributed by atoms with Gasteiger partial charge in [-0.2, -0.15) is 5.10 Å². The summed E-state index contributed by atoms with van der Waals surface area (Å²) in [6, 6.07) is 13.8. The van der Waals surface area contributed by atoms with E-state index in [0.717, 1.165) is 54.8 Å². The molecule has 0 N–H and O–H groups in total. The van der Waals surface area contributed by atoms with Crippen molar-refractivity contribution in [3.63, 3.8) is 0 Å². The lowest BCUT2D eigenvalue weighted by Gasteiger charge is -2.33. The summed E-state index contributed by atoms with van der Waals surface area (Å²) in [5, 5.41) is 7.49. The molecular weight excluding hydrogens is 385 g/mol. The number of hydrogen-bond acceptors (Lipinski definition) is 5. The quantitative estimate of drug-likeness (QED) is 0.677. The number of hydrazone groups is 1. The molecule has 0 spiro atoms. The molecule has 1 saturated heterocycles. The smallest absolute Gasteiger partial charge is 0.131 e. The van der Waals surface area contributed by atoms with Gasteiger partial charge >= 0.3 is 0 Å². The third kappa shape index (κ3) is 6.03. The van der Waals surface area contributed by atoms with Crippen LogP contribution in [0.5, 0.6) is 11.5 Å². The first-order valence-corrected chi connectivity index (χ1v) is 9.03. The van der Waals surface area contributed by atoms with Gasteiger partial charge in [-0.05, 0) is 29.8 Å². The van der Waals surface area contributed by atoms with Crippen molar-refractivity contribution in [2.75, 3.05) is 40.4 Å². The first-order chi connectivity index (χ1) is 12.7. The Balaban J connectivity index is 0.00000261. The Kier molecular flexibility index (Phi) is 8.23. The lowest BCUT2D eigenvalue weighted by Crippen LogP contribution is -2.43. The summed E-state index contributed by atoms with van der Waals surface area (Å²) in [6.45, 7) is 4.73. The number of ether oxygens (including phenoxy) is 2. The van der Waals surface area contributed by atoms with E-state index in [9.17, 15) is 0 Å². The maximum atomic E-state index is 5.95. The van der Waals surface area contributed by atoms with Gasteiger partial charge in [-0.15, -0.1) is 12.4 Å². The van der Waals surface area contributed by atoms with Gasteiger partial charge in [0.25, 0.3) is 0 Å². The molecule has 27 heavy (non-hydrogen) atoms. The van der Waals surface area contributed by atoms with Crippen LogP contribution in [-0.2, 0) is 6.54 Å². The average molecular weight is 410 g/mol. The molecule has 0 aliphatic carbocycles. The fraction of sp³-hybridized carbons (Fsp3) is 0.350. The molecule has 2 aromatic rings. The van der Waals surface area contributed by atoms with Gasteiger partial charge in [0.1, 0.15) is 11.5 Å². The van der Waals surface area contributed by atoms with Crippen LogP contribution in [0.4, 0.5) is 0 Å². The van der Waals surface area contributed by atoms with Crippen molar-refractivity contribution in [3.8, 4) is 11.5 Å². The second-order valence-electron chi connectivity index (χ2n) is 6.21. The summed E-state index contributed by atoms with van der Waals surface area (Å²) in [6.07, 6.45) is 1.85. The zero-order valence-electron chi connectivity index (χ0n) is 15.6. The minimum absolute atomic E-state index is 0. The van der Waals surface area contributed by atoms with Crippen LogP contribution in [0.2, 0.25) is 5.02 Å². The number of hydrogen-bond donors (Lipinski definition) is 0. The van der Waals surface area contributed by atoms with Crippen LogP contribution < -0.4 is 9.47 Å². The normalized spacial score (nSPS) is 14.9. The Labute approximate surface area is 171 Å². The third-order valence-electron chi connectivity index (χ3n) is 4.47. The fourth-order valence-corrected chi connectivity index (χ4v) is 3.05. The van der Waals surface area contributed by atoms with E-state index in [4.69, 9.17) is 21.1 Å². The van der Waals surface area contributed by atoms with Crippen molar-refractivity contribution in [2.24, 2.45) is 5.10 Å². The SMILES string of the molecule is COc1ccc(C=NN2CCN(Cc3ccc(Cl)cc3)CC2)c(OC)c1.Cl. The maximum Gasteiger partial charge on any atom is 0.131 e. The molecule has 3 rings (SSSR count). The zero-order chi connectivity index (χ0) is 18.4. The molecule has 1 heterocycles. The molecule has 0 atom stereocenters. The summed E-state index contributed by atoms with van der Waals surface area (Å²) in [5.41, 5.74) is 2.23. The van der Waals surface area contributed by atoms with E-state index < -0.39 is 0 Å². The largest absolute Gasteiger partial charge is 0.497 e. The van der Waals surface area contributed by atoms with E-state index in [1.54, 1.807) is 14.2 Å². The Morgan fingerprint density at radius 1 is 1.00 bits per heavy atom. The second kappa shape index (κ2) is 10.4. The summed E-state index contributed by atoms with van der Waals surface area (Å²) in [7, 11) is 3.30. The number of nitrogens with zero attached hydrogens (tertiary/aromatic N) is 3. The predicted octanol–water partition coefficient (Wildman–Crippen LogP) is 3.93. The van der Waals surface area contributed by atoms with Gasteiger partial charge in [0.05, 0.1) is 20.4 Å². The highest BCUT2D eigenvalue weighted by atomic mass is 35.5. The maximum absolute atomic E-state index is 5.95. The van der Waals surface area contributed by atoms with Gasteiger partial charge < -0.3 is 9.47 Å². The lowest BCUT2D eigenvalue weighted by molar-refractivity contribution is 0.131. The molecule has 2 aromatic carbocycles. The van der Waals surface area contributed by atoms with E-state index in [1.807, 2.05) is 36.5 Å². The highest BCUT2D eigenvalue weighted by Crippen LogP contribution is 2.23. The van der Waals surface area contributed by atoms with Crippen LogP contribution in [0.3, 0.4) is 0 Å². The van der Waals surface area contributed by atoms with Crippen LogP contribution in [0.1, 0.15) is 11.1 Å². The highest BCUT2D eigenvalue weighted by Gasteiger charge is 2.15. The molecule has 146 valence electrons. The van der Waals surface area contributed by atoms with Gasteiger partial charge in [-0.1, -0.05) is 23.7 Å². The molecule has 5 nitrogen and oxygen atoms in total. The molecule has 1 fully saturated rings. The van der Waals surface area contributed by atoms with Crippen molar-refractivity contribution < 1.29 is 9.47 Å². The van der Waals surface area contributed by atoms with Gasteiger partial charge in [0.15, 0.2) is 0 Å². The number of rotatable bonds is 6. The molecule has 0 aromatic heterocycles. The van der Waals surface area contributed by atoms with Crippen molar-refractivity contribution in [3.05, 3.63) is 58.6 Å². The monoisotopic (exact) mass is 409 g/mol. The predicted molar refractivity (Wildman–Crippen MR) is 113 cm³/mol.